The van der Waals surface area contributed by atoms with Crippen LogP contribution in [0.1, 0.15) is 19.4 Å². The van der Waals surface area contributed by atoms with Gasteiger partial charge in [-0.05, 0) is 31.5 Å². The van der Waals surface area contributed by atoms with Gasteiger partial charge in [0.2, 0.25) is 0 Å². The topological polar surface area (TPSA) is 38.3 Å². The van der Waals surface area contributed by atoms with Gasteiger partial charge in [0.25, 0.3) is 0 Å². The van der Waals surface area contributed by atoms with Crippen LogP contribution in [0.25, 0.3) is 0 Å². The van der Waals surface area contributed by atoms with E-state index in [2.05, 4.69) is 21.2 Å². The third-order valence-electron chi connectivity index (χ3n) is 2.55. The summed E-state index contributed by atoms with van der Waals surface area (Å²) < 4.78 is 5.81. The van der Waals surface area contributed by atoms with Gasteiger partial charge >= 0.3 is 5.97 Å². The number of halogens is 1. The molecule has 1 N–H and O–H groups in total. The monoisotopic (exact) mass is 299 g/mol. The summed E-state index contributed by atoms with van der Waals surface area (Å²) in [7, 11) is 1.42. The van der Waals surface area contributed by atoms with E-state index in [1.165, 1.54) is 12.7 Å². The van der Waals surface area contributed by atoms with Crippen molar-refractivity contribution in [3.8, 4) is 0 Å². The minimum atomic E-state index is -0.496. The first-order valence-electron chi connectivity index (χ1n) is 5.49. The maximum absolute atomic E-state index is 11.5. The van der Waals surface area contributed by atoms with Gasteiger partial charge in [0.05, 0.1) is 12.5 Å². The summed E-state index contributed by atoms with van der Waals surface area (Å²) in [5.41, 5.74) is 0.693. The highest BCUT2D eigenvalue weighted by molar-refractivity contribution is 9.10. The highest BCUT2D eigenvalue weighted by Gasteiger charge is 2.27. The second-order valence-corrected chi connectivity index (χ2v) is 5.52. The van der Waals surface area contributed by atoms with E-state index in [1.807, 2.05) is 38.1 Å². The normalized spacial score (nSPS) is 11.3. The highest BCUT2D eigenvalue weighted by Crippen LogP contribution is 2.16. The number of nitrogens with one attached hydrogen (secondary N) is 1. The van der Waals surface area contributed by atoms with Gasteiger partial charge in [-0.25, -0.2) is 0 Å². The van der Waals surface area contributed by atoms with E-state index in [-0.39, 0.29) is 5.97 Å². The summed E-state index contributed by atoms with van der Waals surface area (Å²) in [5.74, 6) is -0.194. The lowest BCUT2D eigenvalue weighted by Gasteiger charge is -2.21. The van der Waals surface area contributed by atoms with Crippen molar-refractivity contribution < 1.29 is 9.53 Å². The Morgan fingerprint density at radius 2 is 1.94 bits per heavy atom. The average Bonchev–Trinajstić information content (AvgIpc) is 2.30. The van der Waals surface area contributed by atoms with Gasteiger partial charge in [-0.3, -0.25) is 4.79 Å². The summed E-state index contributed by atoms with van der Waals surface area (Å²) >= 11 is 3.39. The molecule has 0 amide bonds. The summed E-state index contributed by atoms with van der Waals surface area (Å²) in [6.45, 7) is 5.07. The second-order valence-electron chi connectivity index (χ2n) is 4.61. The summed E-state index contributed by atoms with van der Waals surface area (Å²) in [6, 6.07) is 8.09. The fraction of sp³-hybridized carbons (Fsp3) is 0.462. The molecule has 1 rings (SSSR count). The minimum absolute atomic E-state index is 0.194. The van der Waals surface area contributed by atoms with Crippen molar-refractivity contribution >= 4 is 21.9 Å². The van der Waals surface area contributed by atoms with E-state index in [0.717, 1.165) is 11.0 Å². The zero-order valence-corrected chi connectivity index (χ0v) is 12.0. The molecular weight excluding hydrogens is 282 g/mol. The van der Waals surface area contributed by atoms with Gasteiger partial charge in [-0.15, -0.1) is 0 Å². The average molecular weight is 300 g/mol. The first kappa shape index (κ1) is 14.2. The van der Waals surface area contributed by atoms with Crippen molar-refractivity contribution in [1.82, 2.24) is 5.32 Å². The SMILES string of the molecule is COC(=O)C(C)(C)CNCc1ccc(Br)cc1. The molecule has 4 heteroatoms. The number of esters is 1. The van der Waals surface area contributed by atoms with Gasteiger partial charge in [-0.2, -0.15) is 0 Å². The molecule has 0 heterocycles. The number of hydrogen-bond donors (Lipinski definition) is 1. The molecule has 0 unspecified atom stereocenters. The molecule has 0 aromatic heterocycles. The Kier molecular flexibility index (Phi) is 5.15. The quantitative estimate of drug-likeness (QED) is 0.850. The number of benzene rings is 1. The first-order valence-corrected chi connectivity index (χ1v) is 6.28. The van der Waals surface area contributed by atoms with E-state index in [9.17, 15) is 4.79 Å². The van der Waals surface area contributed by atoms with Gasteiger partial charge < -0.3 is 10.1 Å². The van der Waals surface area contributed by atoms with Gasteiger partial charge in [0.15, 0.2) is 0 Å². The Morgan fingerprint density at radius 1 is 1.35 bits per heavy atom. The van der Waals surface area contributed by atoms with Crippen molar-refractivity contribution in [3.63, 3.8) is 0 Å². The largest absolute Gasteiger partial charge is 0.469 e. The summed E-state index contributed by atoms with van der Waals surface area (Å²) in [4.78, 5) is 11.5. The van der Waals surface area contributed by atoms with Crippen LogP contribution in [0.4, 0.5) is 0 Å². The molecule has 0 aliphatic rings. The molecule has 0 saturated heterocycles. The summed E-state index contributed by atoms with van der Waals surface area (Å²) in [5, 5.41) is 3.26. The van der Waals surface area contributed by atoms with Crippen LogP contribution in [0.5, 0.6) is 0 Å². The summed E-state index contributed by atoms with van der Waals surface area (Å²) in [6.07, 6.45) is 0. The molecule has 17 heavy (non-hydrogen) atoms. The minimum Gasteiger partial charge on any atom is -0.469 e. The maximum atomic E-state index is 11.5. The number of carbonyl (C=O) groups is 1. The highest BCUT2D eigenvalue weighted by atomic mass is 79.9. The van der Waals surface area contributed by atoms with Crippen molar-refractivity contribution in [1.29, 1.82) is 0 Å². The van der Waals surface area contributed by atoms with E-state index in [1.54, 1.807) is 0 Å². The van der Waals surface area contributed by atoms with Crippen molar-refractivity contribution in [2.45, 2.75) is 20.4 Å². The van der Waals surface area contributed by atoms with Crippen LogP contribution in [0.15, 0.2) is 28.7 Å². The van der Waals surface area contributed by atoms with E-state index < -0.39 is 5.41 Å². The van der Waals surface area contributed by atoms with Crippen molar-refractivity contribution in [3.05, 3.63) is 34.3 Å². The number of ether oxygens (including phenoxy) is 1. The molecule has 94 valence electrons. The predicted octanol–water partition coefficient (Wildman–Crippen LogP) is 2.74. The van der Waals surface area contributed by atoms with E-state index >= 15 is 0 Å². The number of carbonyl (C=O) groups excluding carboxylic acids is 1. The Labute approximate surface area is 111 Å². The van der Waals surface area contributed by atoms with Crippen LogP contribution >= 0.6 is 15.9 Å². The van der Waals surface area contributed by atoms with Crippen LogP contribution in [0.3, 0.4) is 0 Å². The molecule has 0 saturated carbocycles. The van der Waals surface area contributed by atoms with Gasteiger partial charge in [-0.1, -0.05) is 28.1 Å². The molecular formula is C13H18BrNO2. The van der Waals surface area contributed by atoms with Crippen LogP contribution in [0.2, 0.25) is 0 Å². The lowest BCUT2D eigenvalue weighted by atomic mass is 9.94. The first-order chi connectivity index (χ1) is 7.95. The molecule has 3 nitrogen and oxygen atoms in total. The third-order valence-corrected chi connectivity index (χ3v) is 3.08. The van der Waals surface area contributed by atoms with E-state index in [0.29, 0.717) is 6.54 Å². The molecule has 1 aromatic carbocycles. The predicted molar refractivity (Wildman–Crippen MR) is 71.6 cm³/mol. The molecule has 0 fully saturated rings. The van der Waals surface area contributed by atoms with Gasteiger partial charge in [0, 0.05) is 17.6 Å². The molecule has 0 aliphatic heterocycles. The molecule has 0 spiro atoms. The van der Waals surface area contributed by atoms with Crippen molar-refractivity contribution in [2.24, 2.45) is 5.41 Å². The number of rotatable bonds is 5. The smallest absolute Gasteiger partial charge is 0.312 e. The van der Waals surface area contributed by atoms with Crippen LogP contribution in [-0.2, 0) is 16.1 Å². The van der Waals surface area contributed by atoms with Gasteiger partial charge in [0.1, 0.15) is 0 Å². The lowest BCUT2D eigenvalue weighted by molar-refractivity contribution is -0.150. The van der Waals surface area contributed by atoms with Crippen molar-refractivity contribution in [2.75, 3.05) is 13.7 Å². The molecule has 0 atom stereocenters. The standard InChI is InChI=1S/C13H18BrNO2/c1-13(2,12(16)17-3)9-15-8-10-4-6-11(14)7-5-10/h4-7,15H,8-9H2,1-3H3. The second kappa shape index (κ2) is 6.17. The zero-order valence-electron chi connectivity index (χ0n) is 10.4. The Bertz CT molecular complexity index is 374. The lowest BCUT2D eigenvalue weighted by Crippen LogP contribution is -2.36. The molecule has 0 bridgehead atoms. The van der Waals surface area contributed by atoms with Crippen LogP contribution in [-0.4, -0.2) is 19.6 Å². The zero-order chi connectivity index (χ0) is 12.9. The fourth-order valence-corrected chi connectivity index (χ4v) is 1.73. The number of hydrogen-bond acceptors (Lipinski definition) is 3. The molecule has 1 aromatic rings. The maximum Gasteiger partial charge on any atom is 0.312 e. The fourth-order valence-electron chi connectivity index (χ4n) is 1.47. The molecule has 0 radical (unpaired) electrons. The third kappa shape index (κ3) is 4.48. The number of methoxy groups -OCH3 is 1. The Morgan fingerprint density at radius 3 is 2.47 bits per heavy atom. The Balaban J connectivity index is 2.42. The molecule has 0 aliphatic carbocycles. The van der Waals surface area contributed by atoms with E-state index in [4.69, 9.17) is 4.74 Å². The van der Waals surface area contributed by atoms with Crippen LogP contribution < -0.4 is 5.32 Å². The Hall–Kier alpha value is -0.870. The van der Waals surface area contributed by atoms with Crippen LogP contribution in [0, 0.1) is 5.41 Å².